The highest BCUT2D eigenvalue weighted by Gasteiger charge is 2.14. The van der Waals surface area contributed by atoms with Crippen molar-refractivity contribution in [2.24, 2.45) is 5.14 Å². The molecule has 0 aliphatic heterocycles. The van der Waals surface area contributed by atoms with Crippen LogP contribution in [-0.4, -0.2) is 14.2 Å². The topological polar surface area (TPSA) is 77.2 Å². The molecule has 0 spiro atoms. The van der Waals surface area contributed by atoms with E-state index in [2.05, 4.69) is 0 Å². The van der Waals surface area contributed by atoms with Gasteiger partial charge in [0.15, 0.2) is 5.78 Å². The third kappa shape index (κ3) is 4.04. The molecule has 6 heteroatoms. The van der Waals surface area contributed by atoms with Gasteiger partial charge in [-0.15, -0.1) is 0 Å². The van der Waals surface area contributed by atoms with Gasteiger partial charge < -0.3 is 0 Å². The summed E-state index contributed by atoms with van der Waals surface area (Å²) in [6, 6.07) is 18.8. The average Bonchev–Trinajstić information content (AvgIpc) is 2.62. The van der Waals surface area contributed by atoms with E-state index in [0.29, 0.717) is 17.5 Å². The minimum absolute atomic E-state index is 0.0388. The zero-order valence-electron chi connectivity index (χ0n) is 13.7. The Kier molecular flexibility index (Phi) is 4.97. The fraction of sp³-hybridized carbons (Fsp3) is 0.0500. The zero-order valence-corrected chi connectivity index (χ0v) is 14.5. The van der Waals surface area contributed by atoms with Crippen molar-refractivity contribution in [3.63, 3.8) is 0 Å². The fourth-order valence-corrected chi connectivity index (χ4v) is 3.19. The summed E-state index contributed by atoms with van der Waals surface area (Å²) >= 11 is 0. The molecule has 0 saturated carbocycles. The minimum atomic E-state index is -3.74. The molecule has 0 heterocycles. The van der Waals surface area contributed by atoms with Crippen molar-refractivity contribution in [3.8, 4) is 0 Å². The van der Waals surface area contributed by atoms with E-state index in [4.69, 9.17) is 5.14 Å². The molecule has 0 atom stereocenters. The molecule has 26 heavy (non-hydrogen) atoms. The number of benzene rings is 3. The summed E-state index contributed by atoms with van der Waals surface area (Å²) in [4.78, 5) is 12.8. The molecular formula is C20H16FNO3S. The Morgan fingerprint density at radius 2 is 1.50 bits per heavy atom. The van der Waals surface area contributed by atoms with E-state index in [1.165, 1.54) is 36.4 Å². The fourth-order valence-electron chi connectivity index (χ4n) is 2.67. The van der Waals surface area contributed by atoms with E-state index in [0.717, 1.165) is 11.1 Å². The van der Waals surface area contributed by atoms with Gasteiger partial charge in [-0.25, -0.2) is 17.9 Å². The van der Waals surface area contributed by atoms with Crippen molar-refractivity contribution in [2.45, 2.75) is 11.3 Å². The lowest BCUT2D eigenvalue weighted by Crippen LogP contribution is -2.12. The number of primary sulfonamides is 1. The molecule has 0 radical (unpaired) electrons. The van der Waals surface area contributed by atoms with Gasteiger partial charge in [0, 0.05) is 11.1 Å². The Hall–Kier alpha value is -2.83. The van der Waals surface area contributed by atoms with Gasteiger partial charge in [0.2, 0.25) is 10.0 Å². The molecule has 0 aliphatic carbocycles. The Balaban J connectivity index is 1.90. The number of sulfonamides is 1. The van der Waals surface area contributed by atoms with Crippen LogP contribution in [0.15, 0.2) is 77.7 Å². The largest absolute Gasteiger partial charge is 0.289 e. The molecule has 132 valence electrons. The quantitative estimate of drug-likeness (QED) is 0.701. The highest BCUT2D eigenvalue weighted by molar-refractivity contribution is 7.89. The highest BCUT2D eigenvalue weighted by atomic mass is 32.2. The van der Waals surface area contributed by atoms with Crippen LogP contribution in [0.4, 0.5) is 4.39 Å². The predicted octanol–water partition coefficient (Wildman–Crippen LogP) is 3.29. The number of carbonyl (C=O) groups is 1. The standard InChI is InChI=1S/C20H16FNO3S/c21-17-9-7-15(8-10-17)20(23)19-4-2-1-3-16(19)13-14-5-11-18(12-6-14)26(22,24)25/h1-12H,13H2,(H2,22,24,25). The smallest absolute Gasteiger partial charge is 0.238 e. The van der Waals surface area contributed by atoms with Crippen LogP contribution in [0.25, 0.3) is 0 Å². The van der Waals surface area contributed by atoms with Crippen LogP contribution in [0.3, 0.4) is 0 Å². The third-order valence-electron chi connectivity index (χ3n) is 4.01. The summed E-state index contributed by atoms with van der Waals surface area (Å²) in [7, 11) is -3.74. The Labute approximate surface area is 151 Å². The van der Waals surface area contributed by atoms with Gasteiger partial charge in [0.1, 0.15) is 5.82 Å². The van der Waals surface area contributed by atoms with Crippen molar-refractivity contribution in [3.05, 3.63) is 101 Å². The Morgan fingerprint density at radius 1 is 0.885 bits per heavy atom. The van der Waals surface area contributed by atoms with Gasteiger partial charge in [0.05, 0.1) is 4.90 Å². The number of carbonyl (C=O) groups excluding carboxylic acids is 1. The molecule has 3 aromatic carbocycles. The van der Waals surface area contributed by atoms with Gasteiger partial charge in [0.25, 0.3) is 0 Å². The first kappa shape index (κ1) is 18.0. The number of halogens is 1. The number of hydrogen-bond acceptors (Lipinski definition) is 3. The van der Waals surface area contributed by atoms with Crippen molar-refractivity contribution in [1.82, 2.24) is 0 Å². The molecule has 0 unspecified atom stereocenters. The lowest BCUT2D eigenvalue weighted by atomic mass is 9.94. The first-order valence-electron chi connectivity index (χ1n) is 7.84. The molecule has 0 saturated heterocycles. The van der Waals surface area contributed by atoms with Crippen LogP contribution in [-0.2, 0) is 16.4 Å². The van der Waals surface area contributed by atoms with Crippen LogP contribution >= 0.6 is 0 Å². The lowest BCUT2D eigenvalue weighted by molar-refractivity contribution is 0.103. The SMILES string of the molecule is NS(=O)(=O)c1ccc(Cc2ccccc2C(=O)c2ccc(F)cc2)cc1. The molecule has 0 fully saturated rings. The Bertz CT molecular complexity index is 1040. The highest BCUT2D eigenvalue weighted by Crippen LogP contribution is 2.19. The van der Waals surface area contributed by atoms with E-state index in [1.807, 2.05) is 12.1 Å². The number of ketones is 1. The molecule has 0 aliphatic rings. The van der Waals surface area contributed by atoms with Crippen molar-refractivity contribution in [2.75, 3.05) is 0 Å². The normalized spacial score (nSPS) is 11.3. The molecule has 0 aromatic heterocycles. The summed E-state index contributed by atoms with van der Waals surface area (Å²) in [5, 5.41) is 5.10. The molecule has 0 amide bonds. The van der Waals surface area contributed by atoms with E-state index < -0.39 is 15.8 Å². The summed E-state index contributed by atoms with van der Waals surface area (Å²) < 4.78 is 35.7. The van der Waals surface area contributed by atoms with Gasteiger partial charge in [-0.3, -0.25) is 4.79 Å². The second kappa shape index (κ2) is 7.19. The first-order chi connectivity index (χ1) is 12.3. The minimum Gasteiger partial charge on any atom is -0.289 e. The zero-order chi connectivity index (χ0) is 18.7. The van der Waals surface area contributed by atoms with E-state index in [9.17, 15) is 17.6 Å². The maximum Gasteiger partial charge on any atom is 0.238 e. The van der Waals surface area contributed by atoms with Crippen molar-refractivity contribution >= 4 is 15.8 Å². The third-order valence-corrected chi connectivity index (χ3v) is 4.94. The molecule has 0 bridgehead atoms. The van der Waals surface area contributed by atoms with Crippen LogP contribution in [0.2, 0.25) is 0 Å². The van der Waals surface area contributed by atoms with E-state index >= 15 is 0 Å². The summed E-state index contributed by atoms with van der Waals surface area (Å²) in [6.45, 7) is 0. The van der Waals surface area contributed by atoms with Crippen molar-refractivity contribution < 1.29 is 17.6 Å². The lowest BCUT2D eigenvalue weighted by Gasteiger charge is -2.09. The summed E-state index contributed by atoms with van der Waals surface area (Å²) in [5.41, 5.74) is 2.57. The second-order valence-electron chi connectivity index (χ2n) is 5.86. The molecule has 3 aromatic rings. The molecule has 4 nitrogen and oxygen atoms in total. The molecular weight excluding hydrogens is 353 g/mol. The molecule has 2 N–H and O–H groups in total. The van der Waals surface area contributed by atoms with Crippen LogP contribution in [0, 0.1) is 5.82 Å². The monoisotopic (exact) mass is 369 g/mol. The van der Waals surface area contributed by atoms with Gasteiger partial charge in [-0.1, -0.05) is 36.4 Å². The van der Waals surface area contributed by atoms with Gasteiger partial charge in [-0.2, -0.15) is 0 Å². The maximum absolute atomic E-state index is 13.1. The predicted molar refractivity (Wildman–Crippen MR) is 96.9 cm³/mol. The van der Waals surface area contributed by atoms with Crippen molar-refractivity contribution in [1.29, 1.82) is 0 Å². The van der Waals surface area contributed by atoms with Crippen LogP contribution in [0.5, 0.6) is 0 Å². The second-order valence-corrected chi connectivity index (χ2v) is 7.42. The van der Waals surface area contributed by atoms with Gasteiger partial charge >= 0.3 is 0 Å². The average molecular weight is 369 g/mol. The van der Waals surface area contributed by atoms with E-state index in [-0.39, 0.29) is 10.7 Å². The number of rotatable bonds is 5. The molecule has 3 rings (SSSR count). The summed E-state index contributed by atoms with van der Waals surface area (Å²) in [5.74, 6) is -0.591. The van der Waals surface area contributed by atoms with Crippen LogP contribution < -0.4 is 5.14 Å². The first-order valence-corrected chi connectivity index (χ1v) is 9.39. The summed E-state index contributed by atoms with van der Waals surface area (Å²) in [6.07, 6.45) is 0.452. The number of nitrogens with two attached hydrogens (primary N) is 1. The van der Waals surface area contributed by atoms with Gasteiger partial charge in [-0.05, 0) is 53.9 Å². The van der Waals surface area contributed by atoms with E-state index in [1.54, 1.807) is 24.3 Å². The Morgan fingerprint density at radius 3 is 2.12 bits per heavy atom. The number of hydrogen-bond donors (Lipinski definition) is 1. The van der Waals surface area contributed by atoms with Crippen LogP contribution in [0.1, 0.15) is 27.0 Å². The maximum atomic E-state index is 13.1.